The predicted octanol–water partition coefficient (Wildman–Crippen LogP) is 3.91. The SMILES string of the molecule is O=c1c(Cl)c(NC2CCCC3OCCC23)cnn1-c1ccc(Cl)cc1. The number of benzene rings is 1. The van der Waals surface area contributed by atoms with Crippen LogP contribution in [0.15, 0.2) is 35.3 Å². The summed E-state index contributed by atoms with van der Waals surface area (Å²) in [5.74, 6) is 0.475. The maximum Gasteiger partial charge on any atom is 0.292 e. The van der Waals surface area contributed by atoms with Gasteiger partial charge < -0.3 is 10.1 Å². The molecule has 25 heavy (non-hydrogen) atoms. The summed E-state index contributed by atoms with van der Waals surface area (Å²) in [5, 5.41) is 8.48. The van der Waals surface area contributed by atoms with Gasteiger partial charge in [0.2, 0.25) is 0 Å². The second-order valence-corrected chi connectivity index (χ2v) is 7.42. The molecule has 0 amide bonds. The molecule has 1 aromatic carbocycles. The fraction of sp³-hybridized carbons (Fsp3) is 0.444. The average molecular weight is 380 g/mol. The summed E-state index contributed by atoms with van der Waals surface area (Å²) in [6.07, 6.45) is 6.29. The van der Waals surface area contributed by atoms with Crippen LogP contribution in [0.2, 0.25) is 10.0 Å². The molecule has 0 spiro atoms. The van der Waals surface area contributed by atoms with E-state index in [4.69, 9.17) is 27.9 Å². The molecule has 0 radical (unpaired) electrons. The van der Waals surface area contributed by atoms with Crippen LogP contribution in [0.25, 0.3) is 5.69 Å². The summed E-state index contributed by atoms with van der Waals surface area (Å²) in [5.41, 5.74) is 0.878. The Morgan fingerprint density at radius 3 is 2.76 bits per heavy atom. The number of halogens is 2. The zero-order valence-corrected chi connectivity index (χ0v) is 15.1. The van der Waals surface area contributed by atoms with Gasteiger partial charge in [-0.2, -0.15) is 9.78 Å². The number of fused-ring (bicyclic) bond motifs is 1. The van der Waals surface area contributed by atoms with Crippen molar-refractivity contribution in [1.82, 2.24) is 9.78 Å². The first-order valence-corrected chi connectivity index (χ1v) is 9.31. The zero-order chi connectivity index (χ0) is 17.4. The lowest BCUT2D eigenvalue weighted by Crippen LogP contribution is -2.38. The van der Waals surface area contributed by atoms with Gasteiger partial charge in [0.05, 0.1) is 23.7 Å². The number of ether oxygens (including phenoxy) is 1. The summed E-state index contributed by atoms with van der Waals surface area (Å²) in [6.45, 7) is 0.817. The average Bonchev–Trinajstić information content (AvgIpc) is 3.10. The first kappa shape index (κ1) is 16.9. The predicted molar refractivity (Wildman–Crippen MR) is 99.0 cm³/mol. The summed E-state index contributed by atoms with van der Waals surface area (Å²) in [7, 11) is 0. The molecule has 7 heteroatoms. The van der Waals surface area contributed by atoms with E-state index in [1.165, 1.54) is 4.68 Å². The van der Waals surface area contributed by atoms with Crippen LogP contribution in [-0.2, 0) is 4.74 Å². The van der Waals surface area contributed by atoms with Gasteiger partial charge >= 0.3 is 0 Å². The Kier molecular flexibility index (Phi) is 4.71. The van der Waals surface area contributed by atoms with Crippen molar-refractivity contribution >= 4 is 28.9 Å². The monoisotopic (exact) mass is 379 g/mol. The number of hydrogen-bond acceptors (Lipinski definition) is 4. The second-order valence-electron chi connectivity index (χ2n) is 6.61. The van der Waals surface area contributed by atoms with Crippen molar-refractivity contribution in [1.29, 1.82) is 0 Å². The number of nitrogens with zero attached hydrogens (tertiary/aromatic N) is 2. The van der Waals surface area contributed by atoms with Crippen LogP contribution >= 0.6 is 23.2 Å². The van der Waals surface area contributed by atoms with Crippen LogP contribution in [0.3, 0.4) is 0 Å². The third-order valence-corrected chi connectivity index (χ3v) is 5.73. The second kappa shape index (κ2) is 6.98. The van der Waals surface area contributed by atoms with Gasteiger partial charge in [-0.25, -0.2) is 0 Å². The minimum atomic E-state index is -0.343. The standard InChI is InChI=1S/C18H19Cl2N3O2/c19-11-4-6-12(7-5-11)23-18(24)17(20)15(10-21-23)22-14-2-1-3-16-13(14)8-9-25-16/h4-7,10,13-14,16,22H,1-3,8-9H2. The van der Waals surface area contributed by atoms with E-state index in [-0.39, 0.29) is 16.6 Å². The highest BCUT2D eigenvalue weighted by molar-refractivity contribution is 6.33. The number of aromatic nitrogens is 2. The molecule has 1 aliphatic carbocycles. The van der Waals surface area contributed by atoms with E-state index in [2.05, 4.69) is 10.4 Å². The van der Waals surface area contributed by atoms with Crippen molar-refractivity contribution < 1.29 is 4.74 Å². The van der Waals surface area contributed by atoms with Gasteiger partial charge in [-0.15, -0.1) is 0 Å². The quantitative estimate of drug-likeness (QED) is 0.877. The van der Waals surface area contributed by atoms with Crippen molar-refractivity contribution in [2.24, 2.45) is 5.92 Å². The molecular formula is C18H19Cl2N3O2. The Morgan fingerprint density at radius 2 is 1.96 bits per heavy atom. The van der Waals surface area contributed by atoms with E-state index in [1.807, 2.05) is 0 Å². The topological polar surface area (TPSA) is 56.1 Å². The van der Waals surface area contributed by atoms with E-state index < -0.39 is 0 Å². The minimum absolute atomic E-state index is 0.158. The summed E-state index contributed by atoms with van der Waals surface area (Å²) >= 11 is 12.2. The van der Waals surface area contributed by atoms with Crippen molar-refractivity contribution in [2.45, 2.75) is 37.8 Å². The van der Waals surface area contributed by atoms with Gasteiger partial charge in [0.15, 0.2) is 0 Å². The van der Waals surface area contributed by atoms with Crippen molar-refractivity contribution in [3.8, 4) is 5.69 Å². The van der Waals surface area contributed by atoms with E-state index in [9.17, 15) is 4.79 Å². The highest BCUT2D eigenvalue weighted by Gasteiger charge is 2.37. The summed E-state index contributed by atoms with van der Waals surface area (Å²) in [6, 6.07) is 7.18. The smallest absolute Gasteiger partial charge is 0.292 e. The Bertz CT molecular complexity index is 822. The normalized spacial score (nSPS) is 25.6. The fourth-order valence-electron chi connectivity index (χ4n) is 3.85. The van der Waals surface area contributed by atoms with Crippen molar-refractivity contribution in [3.63, 3.8) is 0 Å². The van der Waals surface area contributed by atoms with Crippen LogP contribution in [0, 0.1) is 5.92 Å². The number of nitrogens with one attached hydrogen (secondary N) is 1. The van der Waals surface area contributed by atoms with Crippen LogP contribution in [0.5, 0.6) is 0 Å². The third kappa shape index (κ3) is 3.28. The van der Waals surface area contributed by atoms with Crippen LogP contribution in [0.1, 0.15) is 25.7 Å². The zero-order valence-electron chi connectivity index (χ0n) is 13.6. The molecule has 4 rings (SSSR count). The van der Waals surface area contributed by atoms with Crippen molar-refractivity contribution in [2.75, 3.05) is 11.9 Å². The molecule has 1 aliphatic heterocycles. The Balaban J connectivity index is 1.60. The molecule has 2 aromatic rings. The molecule has 1 N–H and O–H groups in total. The molecule has 1 saturated carbocycles. The molecule has 2 fully saturated rings. The molecule has 5 nitrogen and oxygen atoms in total. The largest absolute Gasteiger partial charge is 0.379 e. The summed E-state index contributed by atoms with van der Waals surface area (Å²) in [4.78, 5) is 12.6. The molecule has 3 unspecified atom stereocenters. The highest BCUT2D eigenvalue weighted by Crippen LogP contribution is 2.36. The van der Waals surface area contributed by atoms with Crippen LogP contribution in [-0.4, -0.2) is 28.5 Å². The minimum Gasteiger partial charge on any atom is -0.379 e. The fourth-order valence-corrected chi connectivity index (χ4v) is 4.16. The van der Waals surface area contributed by atoms with Gasteiger partial charge in [-0.1, -0.05) is 23.2 Å². The molecule has 2 heterocycles. The van der Waals surface area contributed by atoms with Gasteiger partial charge in [0.1, 0.15) is 5.02 Å². The Labute approximate surface area is 155 Å². The molecular weight excluding hydrogens is 361 g/mol. The Hall–Kier alpha value is -1.56. The first-order valence-electron chi connectivity index (χ1n) is 8.55. The molecule has 3 atom stereocenters. The number of anilines is 1. The van der Waals surface area contributed by atoms with Crippen LogP contribution < -0.4 is 10.9 Å². The Morgan fingerprint density at radius 1 is 1.16 bits per heavy atom. The molecule has 132 valence electrons. The van der Waals surface area contributed by atoms with Gasteiger partial charge in [0, 0.05) is 23.6 Å². The van der Waals surface area contributed by atoms with E-state index in [0.29, 0.717) is 28.4 Å². The number of rotatable bonds is 3. The molecule has 0 bridgehead atoms. The number of hydrogen-bond donors (Lipinski definition) is 1. The lowest BCUT2D eigenvalue weighted by molar-refractivity contribution is 0.0620. The maximum absolute atomic E-state index is 12.6. The first-order chi connectivity index (χ1) is 12.1. The third-order valence-electron chi connectivity index (χ3n) is 5.11. The molecule has 2 aliphatic rings. The van der Waals surface area contributed by atoms with E-state index in [0.717, 1.165) is 32.3 Å². The van der Waals surface area contributed by atoms with Gasteiger partial charge in [-0.3, -0.25) is 4.79 Å². The van der Waals surface area contributed by atoms with Crippen molar-refractivity contribution in [3.05, 3.63) is 50.9 Å². The molecule has 1 saturated heterocycles. The van der Waals surface area contributed by atoms with Gasteiger partial charge in [-0.05, 0) is 49.9 Å². The lowest BCUT2D eigenvalue weighted by atomic mass is 9.82. The highest BCUT2D eigenvalue weighted by atomic mass is 35.5. The maximum atomic E-state index is 12.6. The van der Waals surface area contributed by atoms with E-state index in [1.54, 1.807) is 30.5 Å². The van der Waals surface area contributed by atoms with Gasteiger partial charge in [0.25, 0.3) is 5.56 Å². The lowest BCUT2D eigenvalue weighted by Gasteiger charge is -2.33. The summed E-state index contributed by atoms with van der Waals surface area (Å²) < 4.78 is 7.08. The van der Waals surface area contributed by atoms with Crippen LogP contribution in [0.4, 0.5) is 5.69 Å². The van der Waals surface area contributed by atoms with E-state index >= 15 is 0 Å². The molecule has 1 aromatic heterocycles.